The molecule has 1 aliphatic heterocycles. The number of likely N-dealkylation sites (tertiary alicyclic amines) is 1. The zero-order valence-electron chi connectivity index (χ0n) is 11.5. The predicted molar refractivity (Wildman–Crippen MR) is 79.1 cm³/mol. The maximum Gasteiger partial charge on any atom is 0.303 e. The molecular weight excluding hydrogens is 274 g/mol. The summed E-state index contributed by atoms with van der Waals surface area (Å²) < 4.78 is 0. The number of thioether (sulfide) groups is 1. The molecule has 2 rings (SSSR count). The average Bonchev–Trinajstić information content (AvgIpc) is 2.93. The third-order valence-corrected chi connectivity index (χ3v) is 4.47. The van der Waals surface area contributed by atoms with Gasteiger partial charge in [0.2, 0.25) is 0 Å². The van der Waals surface area contributed by atoms with E-state index in [1.165, 1.54) is 0 Å². The van der Waals surface area contributed by atoms with Gasteiger partial charge in [0.05, 0.1) is 5.56 Å². The van der Waals surface area contributed by atoms with Crippen LogP contribution in [0.15, 0.2) is 29.2 Å². The minimum absolute atomic E-state index is 0.0628. The number of benzene rings is 1. The summed E-state index contributed by atoms with van der Waals surface area (Å²) in [5.41, 5.74) is 0.749. The quantitative estimate of drug-likeness (QED) is 0.848. The summed E-state index contributed by atoms with van der Waals surface area (Å²) in [4.78, 5) is 25.9. The van der Waals surface area contributed by atoms with Gasteiger partial charge < -0.3 is 10.0 Å². The Bertz CT molecular complexity index is 504. The van der Waals surface area contributed by atoms with E-state index in [-0.39, 0.29) is 12.3 Å². The first-order valence-corrected chi connectivity index (χ1v) is 7.98. The average molecular weight is 293 g/mol. The van der Waals surface area contributed by atoms with E-state index in [0.29, 0.717) is 18.9 Å². The first-order valence-electron chi connectivity index (χ1n) is 6.76. The van der Waals surface area contributed by atoms with Gasteiger partial charge in [-0.05, 0) is 37.1 Å². The lowest BCUT2D eigenvalue weighted by Gasteiger charge is -2.18. The lowest BCUT2D eigenvalue weighted by atomic mass is 10.0. The Kier molecular flexibility index (Phi) is 5.06. The van der Waals surface area contributed by atoms with Crippen LogP contribution in [0.4, 0.5) is 0 Å². The first kappa shape index (κ1) is 14.9. The summed E-state index contributed by atoms with van der Waals surface area (Å²) in [6.45, 7) is 1.40. The minimum Gasteiger partial charge on any atom is -0.481 e. The van der Waals surface area contributed by atoms with Crippen LogP contribution in [0.5, 0.6) is 0 Å². The molecule has 1 aromatic rings. The van der Waals surface area contributed by atoms with Crippen LogP contribution in [0.25, 0.3) is 0 Å². The molecule has 1 heterocycles. The predicted octanol–water partition coefficient (Wildman–Crippen LogP) is 2.74. The Balaban J connectivity index is 1.99. The summed E-state index contributed by atoms with van der Waals surface area (Å²) in [6, 6.07) is 7.63. The molecule has 1 unspecified atom stereocenters. The summed E-state index contributed by atoms with van der Waals surface area (Å²) in [7, 11) is 0. The fourth-order valence-corrected chi connectivity index (χ4v) is 3.16. The largest absolute Gasteiger partial charge is 0.481 e. The topological polar surface area (TPSA) is 57.6 Å². The summed E-state index contributed by atoms with van der Waals surface area (Å²) in [5.74, 6) is -0.383. The number of carboxylic acid groups (broad SMARTS) is 1. The highest BCUT2D eigenvalue weighted by molar-refractivity contribution is 7.98. The van der Waals surface area contributed by atoms with Gasteiger partial charge in [0.25, 0.3) is 5.91 Å². The van der Waals surface area contributed by atoms with Crippen molar-refractivity contribution in [3.05, 3.63) is 29.8 Å². The molecule has 20 heavy (non-hydrogen) atoms. The van der Waals surface area contributed by atoms with Crippen molar-refractivity contribution in [1.82, 2.24) is 4.90 Å². The lowest BCUT2D eigenvalue weighted by Crippen LogP contribution is -2.29. The van der Waals surface area contributed by atoms with Crippen molar-refractivity contribution in [2.24, 2.45) is 5.92 Å². The highest BCUT2D eigenvalue weighted by atomic mass is 32.2. The summed E-state index contributed by atoms with van der Waals surface area (Å²) in [5, 5.41) is 8.71. The maximum atomic E-state index is 12.5. The van der Waals surface area contributed by atoms with Crippen LogP contribution in [0, 0.1) is 5.92 Å². The number of rotatable bonds is 5. The molecule has 0 saturated carbocycles. The number of carbonyl (C=O) groups is 2. The van der Waals surface area contributed by atoms with Gasteiger partial charge in [-0.1, -0.05) is 12.1 Å². The second kappa shape index (κ2) is 6.79. The Hall–Kier alpha value is -1.49. The molecule has 1 amide bonds. The number of nitrogens with zero attached hydrogens (tertiary/aromatic N) is 1. The van der Waals surface area contributed by atoms with Crippen LogP contribution in [0.2, 0.25) is 0 Å². The van der Waals surface area contributed by atoms with Gasteiger partial charge in [0, 0.05) is 24.4 Å². The van der Waals surface area contributed by atoms with Crippen molar-refractivity contribution < 1.29 is 14.7 Å². The molecule has 1 atom stereocenters. The molecule has 1 aliphatic rings. The number of hydrogen-bond donors (Lipinski definition) is 1. The van der Waals surface area contributed by atoms with Crippen molar-refractivity contribution >= 4 is 23.6 Å². The molecule has 0 aromatic heterocycles. The van der Waals surface area contributed by atoms with E-state index in [1.807, 2.05) is 35.4 Å². The van der Waals surface area contributed by atoms with Crippen LogP contribution in [0.1, 0.15) is 29.6 Å². The SMILES string of the molecule is CSc1ccccc1C(=O)N1CCC(CCC(=O)O)C1. The molecule has 0 bridgehead atoms. The molecule has 1 saturated heterocycles. The minimum atomic E-state index is -0.762. The van der Waals surface area contributed by atoms with Crippen molar-refractivity contribution in [2.45, 2.75) is 24.2 Å². The second-order valence-corrected chi connectivity index (χ2v) is 5.89. The molecule has 108 valence electrons. The lowest BCUT2D eigenvalue weighted by molar-refractivity contribution is -0.137. The van der Waals surface area contributed by atoms with E-state index in [9.17, 15) is 9.59 Å². The van der Waals surface area contributed by atoms with Gasteiger partial charge in [-0.25, -0.2) is 0 Å². The van der Waals surface area contributed by atoms with Gasteiger partial charge in [0.1, 0.15) is 0 Å². The van der Waals surface area contributed by atoms with Crippen molar-refractivity contribution in [3.63, 3.8) is 0 Å². The van der Waals surface area contributed by atoms with Crippen LogP contribution in [-0.4, -0.2) is 41.2 Å². The number of aliphatic carboxylic acids is 1. The molecule has 0 aliphatic carbocycles. The zero-order valence-corrected chi connectivity index (χ0v) is 12.4. The van der Waals surface area contributed by atoms with Crippen molar-refractivity contribution in [1.29, 1.82) is 0 Å². The van der Waals surface area contributed by atoms with Crippen molar-refractivity contribution in [2.75, 3.05) is 19.3 Å². The fourth-order valence-electron chi connectivity index (χ4n) is 2.57. The van der Waals surface area contributed by atoms with Gasteiger partial charge in [-0.2, -0.15) is 0 Å². The molecule has 4 nitrogen and oxygen atoms in total. The van der Waals surface area contributed by atoms with Gasteiger partial charge in [-0.15, -0.1) is 11.8 Å². The van der Waals surface area contributed by atoms with Crippen LogP contribution >= 0.6 is 11.8 Å². The van der Waals surface area contributed by atoms with E-state index < -0.39 is 5.97 Å². The van der Waals surface area contributed by atoms with Crippen LogP contribution in [-0.2, 0) is 4.79 Å². The number of amides is 1. The molecule has 1 fully saturated rings. The standard InChI is InChI=1S/C15H19NO3S/c1-20-13-5-3-2-4-12(13)15(19)16-9-8-11(10-16)6-7-14(17)18/h2-5,11H,6-10H2,1H3,(H,17,18). The monoisotopic (exact) mass is 293 g/mol. The Morgan fingerprint density at radius 2 is 2.15 bits per heavy atom. The Morgan fingerprint density at radius 1 is 1.40 bits per heavy atom. The third-order valence-electron chi connectivity index (χ3n) is 3.68. The number of carbonyl (C=O) groups excluding carboxylic acids is 1. The normalized spacial score (nSPS) is 18.2. The first-order chi connectivity index (χ1) is 9.61. The fraction of sp³-hybridized carbons (Fsp3) is 0.467. The molecule has 0 radical (unpaired) electrons. The van der Waals surface area contributed by atoms with E-state index in [4.69, 9.17) is 5.11 Å². The number of hydrogen-bond acceptors (Lipinski definition) is 3. The Morgan fingerprint density at radius 3 is 2.85 bits per heavy atom. The Labute approximate surface area is 123 Å². The van der Waals surface area contributed by atoms with E-state index in [0.717, 1.165) is 23.4 Å². The summed E-state index contributed by atoms with van der Waals surface area (Å²) >= 11 is 1.57. The van der Waals surface area contributed by atoms with Gasteiger partial charge >= 0.3 is 5.97 Å². The van der Waals surface area contributed by atoms with Gasteiger partial charge in [-0.3, -0.25) is 9.59 Å². The van der Waals surface area contributed by atoms with E-state index in [2.05, 4.69) is 0 Å². The van der Waals surface area contributed by atoms with Crippen LogP contribution in [0.3, 0.4) is 0 Å². The maximum absolute atomic E-state index is 12.5. The van der Waals surface area contributed by atoms with Crippen molar-refractivity contribution in [3.8, 4) is 0 Å². The van der Waals surface area contributed by atoms with E-state index >= 15 is 0 Å². The van der Waals surface area contributed by atoms with Gasteiger partial charge in [0.15, 0.2) is 0 Å². The molecular formula is C15H19NO3S. The second-order valence-electron chi connectivity index (χ2n) is 5.04. The highest BCUT2D eigenvalue weighted by Gasteiger charge is 2.28. The molecule has 0 spiro atoms. The zero-order chi connectivity index (χ0) is 14.5. The molecule has 5 heteroatoms. The van der Waals surface area contributed by atoms with E-state index in [1.54, 1.807) is 11.8 Å². The third kappa shape index (κ3) is 3.54. The summed E-state index contributed by atoms with van der Waals surface area (Å²) in [6.07, 6.45) is 3.71. The highest BCUT2D eigenvalue weighted by Crippen LogP contribution is 2.26. The van der Waals surface area contributed by atoms with Crippen LogP contribution < -0.4 is 0 Å². The number of carboxylic acids is 1. The molecule has 1 aromatic carbocycles. The molecule has 1 N–H and O–H groups in total. The smallest absolute Gasteiger partial charge is 0.303 e.